The van der Waals surface area contributed by atoms with Gasteiger partial charge < -0.3 is 10.6 Å². The van der Waals surface area contributed by atoms with Gasteiger partial charge in [-0.3, -0.25) is 4.79 Å². The van der Waals surface area contributed by atoms with Crippen LogP contribution in [0.4, 0.5) is 0 Å². The smallest absolute Gasteiger partial charge is 0.224 e. The van der Waals surface area contributed by atoms with Gasteiger partial charge in [-0.1, -0.05) is 30.3 Å². The normalized spacial score (nSPS) is 10.6. The Hall–Kier alpha value is -1.65. The number of nitrogens with two attached hydrogens (primary N) is 1. The number of hydrogen-bond acceptors (Lipinski definition) is 3. The van der Waals surface area contributed by atoms with Crippen molar-refractivity contribution in [3.8, 4) is 0 Å². The Morgan fingerprint density at radius 3 is 2.57 bits per heavy atom. The number of amides is 1. The molecule has 21 heavy (non-hydrogen) atoms. The van der Waals surface area contributed by atoms with Gasteiger partial charge in [-0.05, 0) is 31.0 Å². The molecule has 0 spiro atoms. The Morgan fingerprint density at radius 1 is 1.19 bits per heavy atom. The fourth-order valence-corrected chi connectivity index (χ4v) is 3.15. The predicted molar refractivity (Wildman–Crippen MR) is 88.3 cm³/mol. The van der Waals surface area contributed by atoms with Crippen molar-refractivity contribution in [2.75, 3.05) is 13.1 Å². The summed E-state index contributed by atoms with van der Waals surface area (Å²) in [6.07, 6.45) is 1.29. The highest BCUT2D eigenvalue weighted by Gasteiger charge is 2.14. The number of rotatable bonds is 7. The molecule has 0 unspecified atom stereocenters. The summed E-state index contributed by atoms with van der Waals surface area (Å²) in [7, 11) is 0. The number of thiophene rings is 1. The lowest BCUT2D eigenvalue weighted by Crippen LogP contribution is -2.33. The minimum Gasteiger partial charge on any atom is -0.337 e. The third-order valence-corrected chi connectivity index (χ3v) is 4.35. The van der Waals surface area contributed by atoms with Gasteiger partial charge >= 0.3 is 0 Å². The Kier molecular flexibility index (Phi) is 5.96. The van der Waals surface area contributed by atoms with Gasteiger partial charge in [0.05, 0.1) is 6.54 Å². The van der Waals surface area contributed by atoms with Crippen molar-refractivity contribution < 1.29 is 4.79 Å². The van der Waals surface area contributed by atoms with Crippen molar-refractivity contribution in [1.82, 2.24) is 4.90 Å². The Bertz CT molecular complexity index is 565. The van der Waals surface area contributed by atoms with Gasteiger partial charge in [0.25, 0.3) is 0 Å². The minimum absolute atomic E-state index is 0.138. The molecule has 0 bridgehead atoms. The monoisotopic (exact) mass is 302 g/mol. The summed E-state index contributed by atoms with van der Waals surface area (Å²) < 4.78 is 0. The van der Waals surface area contributed by atoms with E-state index in [1.165, 1.54) is 15.3 Å². The zero-order valence-electron chi connectivity index (χ0n) is 12.4. The van der Waals surface area contributed by atoms with Gasteiger partial charge in [0.2, 0.25) is 5.91 Å². The van der Waals surface area contributed by atoms with E-state index in [1.807, 2.05) is 23.1 Å². The van der Waals surface area contributed by atoms with E-state index in [9.17, 15) is 4.79 Å². The van der Waals surface area contributed by atoms with Crippen LogP contribution in [0.2, 0.25) is 0 Å². The van der Waals surface area contributed by atoms with E-state index in [2.05, 4.69) is 31.2 Å². The predicted octanol–water partition coefficient (Wildman–Crippen LogP) is 2.98. The third kappa shape index (κ3) is 4.99. The molecule has 0 saturated carbocycles. The fourth-order valence-electron chi connectivity index (χ4n) is 2.24. The summed E-state index contributed by atoms with van der Waals surface area (Å²) in [5.74, 6) is 0.138. The Labute approximate surface area is 130 Å². The highest BCUT2D eigenvalue weighted by molar-refractivity contribution is 7.11. The molecular weight excluding hydrogens is 280 g/mol. The van der Waals surface area contributed by atoms with E-state index < -0.39 is 0 Å². The van der Waals surface area contributed by atoms with E-state index in [0.717, 1.165) is 13.0 Å². The number of aryl methyl sites for hydroxylation is 1. The molecule has 112 valence electrons. The van der Waals surface area contributed by atoms with Gasteiger partial charge in [-0.25, -0.2) is 0 Å². The van der Waals surface area contributed by atoms with Crippen molar-refractivity contribution in [2.45, 2.75) is 26.3 Å². The third-order valence-electron chi connectivity index (χ3n) is 3.37. The van der Waals surface area contributed by atoms with Crippen molar-refractivity contribution >= 4 is 17.2 Å². The second-order valence-electron chi connectivity index (χ2n) is 5.10. The number of carbonyl (C=O) groups is 1. The molecule has 0 saturated heterocycles. The molecular formula is C17H22N2OS. The largest absolute Gasteiger partial charge is 0.337 e. The SMILES string of the molecule is Cc1ccc(CN(CCc2ccccc2)C(=O)CCN)s1. The molecule has 1 heterocycles. The molecule has 0 atom stereocenters. The molecule has 0 radical (unpaired) electrons. The molecule has 1 amide bonds. The van der Waals surface area contributed by atoms with Gasteiger partial charge in [0.15, 0.2) is 0 Å². The van der Waals surface area contributed by atoms with Crippen molar-refractivity contribution in [1.29, 1.82) is 0 Å². The van der Waals surface area contributed by atoms with E-state index in [-0.39, 0.29) is 5.91 Å². The topological polar surface area (TPSA) is 46.3 Å². The van der Waals surface area contributed by atoms with Crippen molar-refractivity contribution in [3.05, 3.63) is 57.8 Å². The summed E-state index contributed by atoms with van der Waals surface area (Å²) in [6.45, 7) is 3.91. The Balaban J connectivity index is 1.99. The molecule has 4 heteroatoms. The lowest BCUT2D eigenvalue weighted by Gasteiger charge is -2.22. The maximum atomic E-state index is 12.2. The van der Waals surface area contributed by atoms with E-state index in [0.29, 0.717) is 19.5 Å². The second kappa shape index (κ2) is 7.96. The highest BCUT2D eigenvalue weighted by Crippen LogP contribution is 2.18. The van der Waals surface area contributed by atoms with Crippen LogP contribution in [0.5, 0.6) is 0 Å². The van der Waals surface area contributed by atoms with Crippen LogP contribution in [-0.4, -0.2) is 23.9 Å². The first kappa shape index (κ1) is 15.7. The summed E-state index contributed by atoms with van der Waals surface area (Å²) in [5.41, 5.74) is 6.78. The van der Waals surface area contributed by atoms with Gasteiger partial charge in [-0.2, -0.15) is 0 Å². The number of benzene rings is 1. The lowest BCUT2D eigenvalue weighted by atomic mass is 10.1. The minimum atomic E-state index is 0.138. The van der Waals surface area contributed by atoms with Gasteiger partial charge in [0, 0.05) is 29.3 Å². The standard InChI is InChI=1S/C17H22N2OS/c1-14-7-8-16(21-14)13-19(17(20)9-11-18)12-10-15-5-3-2-4-6-15/h2-8H,9-13,18H2,1H3. The van der Waals surface area contributed by atoms with E-state index in [1.54, 1.807) is 11.3 Å². The lowest BCUT2D eigenvalue weighted by molar-refractivity contribution is -0.131. The molecule has 0 fully saturated rings. The summed E-state index contributed by atoms with van der Waals surface area (Å²) in [5, 5.41) is 0. The molecule has 1 aromatic heterocycles. The molecule has 2 aromatic rings. The number of carbonyl (C=O) groups excluding carboxylic acids is 1. The Morgan fingerprint density at radius 2 is 1.95 bits per heavy atom. The van der Waals surface area contributed by atoms with Crippen LogP contribution in [-0.2, 0) is 17.8 Å². The van der Waals surface area contributed by atoms with Crippen LogP contribution in [0.15, 0.2) is 42.5 Å². The number of nitrogens with zero attached hydrogens (tertiary/aromatic N) is 1. The van der Waals surface area contributed by atoms with E-state index >= 15 is 0 Å². The van der Waals surface area contributed by atoms with Crippen LogP contribution in [0, 0.1) is 6.92 Å². The fraction of sp³-hybridized carbons (Fsp3) is 0.353. The quantitative estimate of drug-likeness (QED) is 0.854. The van der Waals surface area contributed by atoms with Crippen LogP contribution in [0.3, 0.4) is 0 Å². The molecule has 3 nitrogen and oxygen atoms in total. The zero-order chi connectivity index (χ0) is 15.1. The zero-order valence-corrected chi connectivity index (χ0v) is 13.2. The number of hydrogen-bond donors (Lipinski definition) is 1. The van der Waals surface area contributed by atoms with Gasteiger partial charge in [0.1, 0.15) is 0 Å². The molecule has 2 rings (SSSR count). The van der Waals surface area contributed by atoms with Gasteiger partial charge in [-0.15, -0.1) is 11.3 Å². The molecule has 2 N–H and O–H groups in total. The van der Waals surface area contributed by atoms with Crippen LogP contribution < -0.4 is 5.73 Å². The molecule has 0 aliphatic rings. The molecule has 0 aliphatic carbocycles. The first-order chi connectivity index (χ1) is 10.2. The first-order valence-corrected chi connectivity index (χ1v) is 8.08. The first-order valence-electron chi connectivity index (χ1n) is 7.26. The van der Waals surface area contributed by atoms with Crippen molar-refractivity contribution in [3.63, 3.8) is 0 Å². The summed E-state index contributed by atoms with van der Waals surface area (Å²) in [6, 6.07) is 14.5. The van der Waals surface area contributed by atoms with E-state index in [4.69, 9.17) is 5.73 Å². The van der Waals surface area contributed by atoms with Crippen LogP contribution in [0.1, 0.15) is 21.7 Å². The average Bonchev–Trinajstić information content (AvgIpc) is 2.90. The average molecular weight is 302 g/mol. The molecule has 1 aromatic carbocycles. The maximum absolute atomic E-state index is 12.2. The van der Waals surface area contributed by atoms with Crippen LogP contribution in [0.25, 0.3) is 0 Å². The summed E-state index contributed by atoms with van der Waals surface area (Å²) >= 11 is 1.75. The highest BCUT2D eigenvalue weighted by atomic mass is 32.1. The second-order valence-corrected chi connectivity index (χ2v) is 6.47. The van der Waals surface area contributed by atoms with Crippen LogP contribution >= 0.6 is 11.3 Å². The van der Waals surface area contributed by atoms with Crippen molar-refractivity contribution in [2.24, 2.45) is 5.73 Å². The molecule has 0 aliphatic heterocycles. The summed E-state index contributed by atoms with van der Waals surface area (Å²) in [4.78, 5) is 16.7. The maximum Gasteiger partial charge on any atom is 0.224 e.